The summed E-state index contributed by atoms with van der Waals surface area (Å²) in [5.74, 6) is 0.245. The molecule has 0 fully saturated rings. The first-order chi connectivity index (χ1) is 8.70. The number of nitrogens with zero attached hydrogens (tertiary/aromatic N) is 2. The lowest BCUT2D eigenvalue weighted by molar-refractivity contribution is 0.112. The van der Waals surface area contributed by atoms with Crippen LogP contribution in [-0.2, 0) is 6.42 Å². The second-order valence-electron chi connectivity index (χ2n) is 4.74. The van der Waals surface area contributed by atoms with E-state index >= 15 is 0 Å². The van der Waals surface area contributed by atoms with E-state index in [9.17, 15) is 5.11 Å². The molecule has 0 saturated heterocycles. The number of para-hydroxylation sites is 1. The summed E-state index contributed by atoms with van der Waals surface area (Å²) in [6, 6.07) is 12.1. The van der Waals surface area contributed by atoms with E-state index in [2.05, 4.69) is 12.0 Å². The fourth-order valence-electron chi connectivity index (χ4n) is 2.06. The quantitative estimate of drug-likeness (QED) is 0.878. The fourth-order valence-corrected chi connectivity index (χ4v) is 2.06. The van der Waals surface area contributed by atoms with Gasteiger partial charge in [-0.3, -0.25) is 0 Å². The molecule has 0 aliphatic rings. The van der Waals surface area contributed by atoms with Gasteiger partial charge in [-0.1, -0.05) is 32.0 Å². The topological polar surface area (TPSA) is 38.0 Å². The van der Waals surface area contributed by atoms with Crippen LogP contribution in [0, 0.1) is 5.92 Å². The molecule has 0 bridgehead atoms. The molecule has 0 radical (unpaired) electrons. The Hall–Kier alpha value is -1.61. The lowest BCUT2D eigenvalue weighted by Gasteiger charge is -2.15. The Morgan fingerprint density at radius 2 is 1.94 bits per heavy atom. The summed E-state index contributed by atoms with van der Waals surface area (Å²) in [5, 5.41) is 14.3. The van der Waals surface area contributed by atoms with E-state index in [4.69, 9.17) is 0 Å². The monoisotopic (exact) mass is 244 g/mol. The van der Waals surface area contributed by atoms with Crippen LogP contribution in [0.2, 0.25) is 0 Å². The fraction of sp³-hybridized carbons (Fsp3) is 0.400. The van der Waals surface area contributed by atoms with Gasteiger partial charge in [0, 0.05) is 6.20 Å². The van der Waals surface area contributed by atoms with Crippen LogP contribution in [-0.4, -0.2) is 21.0 Å². The number of aliphatic hydroxyl groups is 1. The van der Waals surface area contributed by atoms with Crippen molar-refractivity contribution in [2.75, 3.05) is 0 Å². The van der Waals surface area contributed by atoms with Gasteiger partial charge in [0.15, 0.2) is 0 Å². The van der Waals surface area contributed by atoms with Crippen molar-refractivity contribution in [2.24, 2.45) is 5.92 Å². The van der Waals surface area contributed by atoms with Gasteiger partial charge in [0.05, 0.1) is 17.5 Å². The standard InChI is InChI=1S/C15H20N2O/c1-3-15(18)12(2)11-13-9-10-17(16-13)14-7-5-4-6-8-14/h4-10,12,15,18H,3,11H2,1-2H3. The van der Waals surface area contributed by atoms with Crippen molar-refractivity contribution in [3.05, 3.63) is 48.3 Å². The molecule has 2 aromatic rings. The Labute approximate surface area is 108 Å². The first kappa shape index (κ1) is 12.8. The van der Waals surface area contributed by atoms with E-state index in [1.807, 2.05) is 54.2 Å². The molecule has 1 heterocycles. The van der Waals surface area contributed by atoms with Gasteiger partial charge in [-0.25, -0.2) is 4.68 Å². The summed E-state index contributed by atoms with van der Waals surface area (Å²) in [7, 11) is 0. The molecule has 2 unspecified atom stereocenters. The summed E-state index contributed by atoms with van der Waals surface area (Å²) in [5.41, 5.74) is 2.09. The SMILES string of the molecule is CCC(O)C(C)Cc1ccn(-c2ccccc2)n1. The summed E-state index contributed by atoms with van der Waals surface area (Å²) in [4.78, 5) is 0. The molecule has 3 heteroatoms. The Bertz CT molecular complexity index is 478. The van der Waals surface area contributed by atoms with Gasteiger partial charge in [-0.05, 0) is 37.0 Å². The normalized spacial score (nSPS) is 14.4. The van der Waals surface area contributed by atoms with Crippen LogP contribution in [0.15, 0.2) is 42.6 Å². The summed E-state index contributed by atoms with van der Waals surface area (Å²) < 4.78 is 1.88. The molecule has 18 heavy (non-hydrogen) atoms. The second-order valence-corrected chi connectivity index (χ2v) is 4.74. The van der Waals surface area contributed by atoms with Crippen molar-refractivity contribution in [1.82, 2.24) is 9.78 Å². The van der Waals surface area contributed by atoms with Crippen LogP contribution in [0.4, 0.5) is 0 Å². The van der Waals surface area contributed by atoms with Gasteiger partial charge in [0.25, 0.3) is 0 Å². The first-order valence-corrected chi connectivity index (χ1v) is 6.48. The third-order valence-corrected chi connectivity index (χ3v) is 3.27. The smallest absolute Gasteiger partial charge is 0.0645 e. The van der Waals surface area contributed by atoms with Crippen molar-refractivity contribution in [3.63, 3.8) is 0 Å². The zero-order chi connectivity index (χ0) is 13.0. The van der Waals surface area contributed by atoms with Crippen LogP contribution in [0.1, 0.15) is 26.0 Å². The number of aromatic nitrogens is 2. The molecule has 2 rings (SSSR count). The van der Waals surface area contributed by atoms with Crippen molar-refractivity contribution >= 4 is 0 Å². The lowest BCUT2D eigenvalue weighted by atomic mass is 9.97. The highest BCUT2D eigenvalue weighted by Gasteiger charge is 2.14. The second kappa shape index (κ2) is 5.83. The molecule has 0 aliphatic carbocycles. The van der Waals surface area contributed by atoms with E-state index in [0.717, 1.165) is 24.2 Å². The van der Waals surface area contributed by atoms with Crippen molar-refractivity contribution in [2.45, 2.75) is 32.8 Å². The van der Waals surface area contributed by atoms with Gasteiger partial charge in [-0.2, -0.15) is 5.10 Å². The van der Waals surface area contributed by atoms with Crippen molar-refractivity contribution in [1.29, 1.82) is 0 Å². The molecule has 1 N–H and O–H groups in total. The largest absolute Gasteiger partial charge is 0.393 e. The van der Waals surface area contributed by atoms with Crippen LogP contribution >= 0.6 is 0 Å². The van der Waals surface area contributed by atoms with Crippen molar-refractivity contribution < 1.29 is 5.11 Å². The van der Waals surface area contributed by atoms with Gasteiger partial charge in [0.2, 0.25) is 0 Å². The average Bonchev–Trinajstić information content (AvgIpc) is 2.87. The molecule has 0 spiro atoms. The minimum Gasteiger partial charge on any atom is -0.393 e. The van der Waals surface area contributed by atoms with Gasteiger partial charge in [0.1, 0.15) is 0 Å². The Balaban J connectivity index is 2.07. The summed E-state index contributed by atoms with van der Waals surface area (Å²) >= 11 is 0. The van der Waals surface area contributed by atoms with Gasteiger partial charge >= 0.3 is 0 Å². The van der Waals surface area contributed by atoms with E-state index in [-0.39, 0.29) is 12.0 Å². The minimum atomic E-state index is -0.244. The summed E-state index contributed by atoms with van der Waals surface area (Å²) in [6.45, 7) is 4.07. The highest BCUT2D eigenvalue weighted by molar-refractivity contribution is 5.30. The van der Waals surface area contributed by atoms with E-state index < -0.39 is 0 Å². The molecule has 1 aromatic carbocycles. The minimum absolute atomic E-state index is 0.244. The third kappa shape index (κ3) is 2.99. The van der Waals surface area contributed by atoms with Crippen LogP contribution in [0.25, 0.3) is 5.69 Å². The molecule has 2 atom stereocenters. The Morgan fingerprint density at radius 1 is 1.22 bits per heavy atom. The maximum Gasteiger partial charge on any atom is 0.0645 e. The molecular weight excluding hydrogens is 224 g/mol. The van der Waals surface area contributed by atoms with Gasteiger partial charge in [-0.15, -0.1) is 0 Å². The molecule has 0 aliphatic heterocycles. The number of benzene rings is 1. The van der Waals surface area contributed by atoms with E-state index in [0.29, 0.717) is 0 Å². The van der Waals surface area contributed by atoms with E-state index in [1.165, 1.54) is 0 Å². The van der Waals surface area contributed by atoms with Gasteiger partial charge < -0.3 is 5.11 Å². The van der Waals surface area contributed by atoms with Crippen LogP contribution < -0.4 is 0 Å². The molecule has 0 amide bonds. The number of rotatable bonds is 5. The highest BCUT2D eigenvalue weighted by atomic mass is 16.3. The molecular formula is C15H20N2O. The zero-order valence-electron chi connectivity index (χ0n) is 11.0. The number of hydrogen-bond donors (Lipinski definition) is 1. The molecule has 0 saturated carbocycles. The van der Waals surface area contributed by atoms with E-state index in [1.54, 1.807) is 0 Å². The van der Waals surface area contributed by atoms with Crippen LogP contribution in [0.3, 0.4) is 0 Å². The number of hydrogen-bond acceptors (Lipinski definition) is 2. The predicted molar refractivity (Wildman–Crippen MR) is 72.7 cm³/mol. The Morgan fingerprint density at radius 3 is 2.61 bits per heavy atom. The molecule has 3 nitrogen and oxygen atoms in total. The number of aliphatic hydroxyl groups excluding tert-OH is 1. The predicted octanol–water partition coefficient (Wildman–Crippen LogP) is 2.82. The highest BCUT2D eigenvalue weighted by Crippen LogP contribution is 2.14. The molecule has 1 aromatic heterocycles. The van der Waals surface area contributed by atoms with Crippen LogP contribution in [0.5, 0.6) is 0 Å². The maximum atomic E-state index is 9.78. The lowest BCUT2D eigenvalue weighted by Crippen LogP contribution is -2.18. The summed E-state index contributed by atoms with van der Waals surface area (Å²) in [6.07, 6.45) is 3.33. The Kier molecular flexibility index (Phi) is 4.15. The first-order valence-electron chi connectivity index (χ1n) is 6.48. The molecule has 96 valence electrons. The van der Waals surface area contributed by atoms with Crippen molar-refractivity contribution in [3.8, 4) is 5.69 Å². The third-order valence-electron chi connectivity index (χ3n) is 3.27. The maximum absolute atomic E-state index is 9.78. The average molecular weight is 244 g/mol. The zero-order valence-corrected chi connectivity index (χ0v) is 11.0.